The number of anilines is 1. The summed E-state index contributed by atoms with van der Waals surface area (Å²) in [5, 5.41) is 2.96. The van der Waals surface area contributed by atoms with Crippen LogP contribution in [-0.2, 0) is 9.53 Å². The highest BCUT2D eigenvalue weighted by Crippen LogP contribution is 2.17. The number of carbonyl (C=O) groups excluding carboxylic acids is 1. The Morgan fingerprint density at radius 2 is 2.07 bits per heavy atom. The Kier molecular flexibility index (Phi) is 4.32. The lowest BCUT2D eigenvalue weighted by Gasteiger charge is -2.05. The van der Waals surface area contributed by atoms with E-state index < -0.39 is 0 Å². The largest absolute Gasteiger partial charge is 0.468 e. The summed E-state index contributed by atoms with van der Waals surface area (Å²) in [4.78, 5) is 12.0. The first-order valence-electron chi connectivity index (χ1n) is 4.21. The molecule has 0 saturated carbocycles. The molecule has 3 nitrogen and oxygen atoms in total. The molecule has 0 amide bonds. The summed E-state index contributed by atoms with van der Waals surface area (Å²) in [6.07, 6.45) is 2.02. The minimum Gasteiger partial charge on any atom is -0.468 e. The maximum atomic E-state index is 10.8. The number of ether oxygens (including phenoxy) is 1. The summed E-state index contributed by atoms with van der Waals surface area (Å²) >= 11 is 1.69. The standard InChI is InChI=1S/C10H13NO2S/c1-13-10(12)7-11-8-3-5-9(14-2)6-4-8/h3-6,11H,7H2,1-2H3. The van der Waals surface area contributed by atoms with E-state index in [0.717, 1.165) is 5.69 Å². The molecule has 0 heterocycles. The molecule has 0 aromatic heterocycles. The van der Waals surface area contributed by atoms with Crippen LogP contribution in [0.4, 0.5) is 5.69 Å². The highest BCUT2D eigenvalue weighted by molar-refractivity contribution is 7.98. The normalized spacial score (nSPS) is 9.57. The Hall–Kier alpha value is -1.16. The van der Waals surface area contributed by atoms with E-state index in [4.69, 9.17) is 0 Å². The first-order chi connectivity index (χ1) is 6.76. The number of rotatable bonds is 4. The second kappa shape index (κ2) is 5.54. The van der Waals surface area contributed by atoms with Gasteiger partial charge >= 0.3 is 5.97 Å². The summed E-state index contributed by atoms with van der Waals surface area (Å²) in [5.74, 6) is -0.265. The van der Waals surface area contributed by atoms with Gasteiger partial charge in [-0.15, -0.1) is 11.8 Å². The SMILES string of the molecule is COC(=O)CNc1ccc(SC)cc1. The third kappa shape index (κ3) is 3.30. The zero-order valence-corrected chi connectivity index (χ0v) is 9.06. The molecule has 76 valence electrons. The smallest absolute Gasteiger partial charge is 0.325 e. The lowest BCUT2D eigenvalue weighted by Crippen LogP contribution is -2.14. The van der Waals surface area contributed by atoms with Gasteiger partial charge < -0.3 is 10.1 Å². The summed E-state index contributed by atoms with van der Waals surface area (Å²) < 4.78 is 4.51. The van der Waals surface area contributed by atoms with Crippen LogP contribution < -0.4 is 5.32 Å². The number of thioether (sulfide) groups is 1. The van der Waals surface area contributed by atoms with Gasteiger partial charge in [-0.25, -0.2) is 0 Å². The number of esters is 1. The number of methoxy groups -OCH3 is 1. The molecule has 0 aliphatic carbocycles. The van der Waals surface area contributed by atoms with Gasteiger partial charge in [-0.3, -0.25) is 4.79 Å². The van der Waals surface area contributed by atoms with Gasteiger partial charge in [0.15, 0.2) is 0 Å². The Bertz CT molecular complexity index is 297. The van der Waals surface area contributed by atoms with E-state index in [2.05, 4.69) is 10.1 Å². The summed E-state index contributed by atoms with van der Waals surface area (Å²) in [6, 6.07) is 7.89. The third-order valence-corrected chi connectivity index (χ3v) is 2.50. The monoisotopic (exact) mass is 211 g/mol. The quantitative estimate of drug-likeness (QED) is 0.610. The molecule has 0 atom stereocenters. The van der Waals surface area contributed by atoms with Crippen LogP contribution in [0.3, 0.4) is 0 Å². The minimum absolute atomic E-state index is 0.203. The van der Waals surface area contributed by atoms with E-state index in [1.54, 1.807) is 11.8 Å². The van der Waals surface area contributed by atoms with Gasteiger partial charge in [0.05, 0.1) is 7.11 Å². The van der Waals surface area contributed by atoms with Crippen LogP contribution in [0.1, 0.15) is 0 Å². The van der Waals surface area contributed by atoms with Gasteiger partial charge in [-0.2, -0.15) is 0 Å². The predicted octanol–water partition coefficient (Wildman–Crippen LogP) is 1.99. The van der Waals surface area contributed by atoms with Crippen LogP contribution in [0.15, 0.2) is 29.2 Å². The first kappa shape index (κ1) is 10.9. The van der Waals surface area contributed by atoms with Crippen molar-refractivity contribution in [3.63, 3.8) is 0 Å². The van der Waals surface area contributed by atoms with Gasteiger partial charge in [0.2, 0.25) is 0 Å². The maximum absolute atomic E-state index is 10.8. The fraction of sp³-hybridized carbons (Fsp3) is 0.300. The number of carbonyl (C=O) groups is 1. The molecule has 4 heteroatoms. The molecule has 14 heavy (non-hydrogen) atoms. The average molecular weight is 211 g/mol. The van der Waals surface area contributed by atoms with Gasteiger partial charge in [0.25, 0.3) is 0 Å². The lowest BCUT2D eigenvalue weighted by atomic mass is 10.3. The van der Waals surface area contributed by atoms with Crippen LogP contribution in [-0.4, -0.2) is 25.9 Å². The molecule has 0 fully saturated rings. The number of hydrogen-bond acceptors (Lipinski definition) is 4. The number of nitrogens with one attached hydrogen (secondary N) is 1. The summed E-state index contributed by atoms with van der Waals surface area (Å²) in [5.41, 5.74) is 0.924. The van der Waals surface area contributed by atoms with Crippen molar-refractivity contribution >= 4 is 23.4 Å². The van der Waals surface area contributed by atoms with E-state index in [9.17, 15) is 4.79 Å². The molecule has 1 N–H and O–H groups in total. The van der Waals surface area contributed by atoms with Crippen molar-refractivity contribution < 1.29 is 9.53 Å². The van der Waals surface area contributed by atoms with Crippen LogP contribution in [0.25, 0.3) is 0 Å². The number of hydrogen-bond donors (Lipinski definition) is 1. The molecular formula is C10H13NO2S. The van der Waals surface area contributed by atoms with Crippen molar-refractivity contribution in [2.24, 2.45) is 0 Å². The molecule has 0 aliphatic rings. The van der Waals surface area contributed by atoms with Gasteiger partial charge in [0.1, 0.15) is 6.54 Å². The molecule has 1 aromatic rings. The van der Waals surface area contributed by atoms with Crippen LogP contribution in [0.5, 0.6) is 0 Å². The van der Waals surface area contributed by atoms with Crippen LogP contribution in [0, 0.1) is 0 Å². The Morgan fingerprint density at radius 3 is 2.57 bits per heavy atom. The molecule has 0 radical (unpaired) electrons. The van der Waals surface area contributed by atoms with Crippen LogP contribution >= 0.6 is 11.8 Å². The van der Waals surface area contributed by atoms with E-state index in [0.29, 0.717) is 0 Å². The fourth-order valence-corrected chi connectivity index (χ4v) is 1.36. The lowest BCUT2D eigenvalue weighted by molar-refractivity contribution is -0.138. The molecule has 0 aliphatic heterocycles. The zero-order chi connectivity index (χ0) is 10.4. The second-order valence-electron chi connectivity index (χ2n) is 2.66. The van der Waals surface area contributed by atoms with Crippen molar-refractivity contribution in [2.45, 2.75) is 4.90 Å². The van der Waals surface area contributed by atoms with E-state index >= 15 is 0 Å². The summed E-state index contributed by atoms with van der Waals surface area (Å²) in [6.45, 7) is 0.203. The average Bonchev–Trinajstić information content (AvgIpc) is 2.26. The maximum Gasteiger partial charge on any atom is 0.325 e. The third-order valence-electron chi connectivity index (χ3n) is 1.75. The van der Waals surface area contributed by atoms with Crippen molar-refractivity contribution in [1.29, 1.82) is 0 Å². The molecule has 0 saturated heterocycles. The molecular weight excluding hydrogens is 198 g/mol. The Labute approximate surface area is 87.8 Å². The van der Waals surface area contributed by atoms with E-state index in [-0.39, 0.29) is 12.5 Å². The molecule has 0 bridgehead atoms. The van der Waals surface area contributed by atoms with Crippen molar-refractivity contribution in [3.8, 4) is 0 Å². The molecule has 0 unspecified atom stereocenters. The van der Waals surface area contributed by atoms with Gasteiger partial charge in [-0.1, -0.05) is 0 Å². The number of benzene rings is 1. The fourth-order valence-electron chi connectivity index (χ4n) is 0.955. The highest BCUT2D eigenvalue weighted by Gasteiger charge is 1.98. The van der Waals surface area contributed by atoms with E-state index in [1.807, 2.05) is 30.5 Å². The van der Waals surface area contributed by atoms with Gasteiger partial charge in [-0.05, 0) is 30.5 Å². The molecule has 1 aromatic carbocycles. The Morgan fingerprint density at radius 1 is 1.43 bits per heavy atom. The minimum atomic E-state index is -0.265. The topological polar surface area (TPSA) is 38.3 Å². The Balaban J connectivity index is 2.47. The second-order valence-corrected chi connectivity index (χ2v) is 3.54. The van der Waals surface area contributed by atoms with Crippen molar-refractivity contribution in [2.75, 3.05) is 25.2 Å². The molecule has 0 spiro atoms. The predicted molar refractivity (Wildman–Crippen MR) is 58.7 cm³/mol. The summed E-state index contributed by atoms with van der Waals surface area (Å²) in [7, 11) is 1.38. The van der Waals surface area contributed by atoms with Crippen molar-refractivity contribution in [3.05, 3.63) is 24.3 Å². The molecule has 1 rings (SSSR count). The van der Waals surface area contributed by atoms with Crippen LogP contribution in [0.2, 0.25) is 0 Å². The highest BCUT2D eigenvalue weighted by atomic mass is 32.2. The van der Waals surface area contributed by atoms with E-state index in [1.165, 1.54) is 12.0 Å². The van der Waals surface area contributed by atoms with Gasteiger partial charge in [0, 0.05) is 10.6 Å². The first-order valence-corrected chi connectivity index (χ1v) is 5.43. The van der Waals surface area contributed by atoms with Crippen molar-refractivity contribution in [1.82, 2.24) is 0 Å². The zero-order valence-electron chi connectivity index (χ0n) is 8.24.